The van der Waals surface area contributed by atoms with Crippen LogP contribution >= 0.6 is 22.9 Å². The first kappa shape index (κ1) is 29.1. The molecule has 0 radical (unpaired) electrons. The molecule has 3 heterocycles. The van der Waals surface area contributed by atoms with Gasteiger partial charge in [-0.1, -0.05) is 53.3 Å². The lowest BCUT2D eigenvalue weighted by Gasteiger charge is -2.25. The highest BCUT2D eigenvalue weighted by Gasteiger charge is 2.32. The molecule has 0 aliphatic carbocycles. The minimum atomic E-state index is -0.985. The summed E-state index contributed by atoms with van der Waals surface area (Å²) in [5.74, 6) is -1.33. The van der Waals surface area contributed by atoms with Gasteiger partial charge in [-0.2, -0.15) is 0 Å². The summed E-state index contributed by atoms with van der Waals surface area (Å²) in [6.45, 7) is 5.69. The zero-order chi connectivity index (χ0) is 31.1. The van der Waals surface area contributed by atoms with Gasteiger partial charge in [0.25, 0.3) is 11.5 Å². The normalized spacial score (nSPS) is 14.7. The number of anilines is 1. The molecule has 6 rings (SSSR count). The molecule has 10 heteroatoms. The average molecular weight is 623 g/mol. The maximum Gasteiger partial charge on any atom is 0.335 e. The summed E-state index contributed by atoms with van der Waals surface area (Å²) < 4.78 is 4.07. The number of aromatic carboxylic acids is 1. The van der Waals surface area contributed by atoms with Gasteiger partial charge in [0, 0.05) is 27.8 Å². The number of fused-ring (bicyclic) bond motifs is 1. The third kappa shape index (κ3) is 5.32. The molecule has 1 aliphatic rings. The maximum absolute atomic E-state index is 14.1. The van der Waals surface area contributed by atoms with Gasteiger partial charge in [-0.05, 0) is 92.6 Å². The number of para-hydroxylation sites is 1. The second-order valence-corrected chi connectivity index (χ2v) is 11.9. The van der Waals surface area contributed by atoms with Gasteiger partial charge in [0.15, 0.2) is 4.80 Å². The van der Waals surface area contributed by atoms with Gasteiger partial charge in [-0.15, -0.1) is 0 Å². The molecule has 5 aromatic rings. The fourth-order valence-electron chi connectivity index (χ4n) is 5.52. The first-order chi connectivity index (χ1) is 21.1. The van der Waals surface area contributed by atoms with Crippen LogP contribution in [0.15, 0.2) is 106 Å². The number of amides is 1. The first-order valence-electron chi connectivity index (χ1n) is 13.8. The molecule has 2 aromatic heterocycles. The van der Waals surface area contributed by atoms with E-state index in [1.165, 1.54) is 11.3 Å². The van der Waals surface area contributed by atoms with Crippen LogP contribution in [0.25, 0.3) is 11.8 Å². The van der Waals surface area contributed by atoms with Crippen LogP contribution in [0.1, 0.15) is 45.8 Å². The highest BCUT2D eigenvalue weighted by atomic mass is 35.5. The van der Waals surface area contributed by atoms with E-state index < -0.39 is 12.0 Å². The quantitative estimate of drug-likeness (QED) is 0.256. The van der Waals surface area contributed by atoms with E-state index in [9.17, 15) is 19.5 Å². The number of nitrogens with one attached hydrogen (secondary N) is 1. The minimum absolute atomic E-state index is 0.208. The SMILES string of the molecule is CC1=C(C(=O)Nc2ccccc2)[C@H](c2ccc(Cl)cc2)n2c(s/c(=C\c3cc(C)n(-c4ccc(C(=O)O)cc4)c3C)c2=O)=N1. The Morgan fingerprint density at radius 2 is 1.66 bits per heavy atom. The number of benzene rings is 3. The standard InChI is InChI=1S/C34H27ClN4O4S/c1-19-17-24(21(3)38(19)27-15-11-23(12-16-27)33(42)43)18-28-32(41)39-30(22-9-13-25(35)14-10-22)29(20(2)36-34(39)44-28)31(40)37-26-7-5-4-6-8-26/h4-18,30H,1-3H3,(H,37,40)(H,42,43)/b28-18-/t30-/m0/s1. The average Bonchev–Trinajstić information content (AvgIpc) is 3.46. The third-order valence-electron chi connectivity index (χ3n) is 7.61. The van der Waals surface area contributed by atoms with Crippen LogP contribution in [-0.4, -0.2) is 26.1 Å². The number of carbonyl (C=O) groups excluding carboxylic acids is 1. The van der Waals surface area contributed by atoms with Crippen molar-refractivity contribution in [2.24, 2.45) is 4.99 Å². The molecule has 3 aromatic carbocycles. The molecule has 8 nitrogen and oxygen atoms in total. The number of hydrogen-bond acceptors (Lipinski definition) is 5. The van der Waals surface area contributed by atoms with Crippen LogP contribution in [0.2, 0.25) is 5.02 Å². The van der Waals surface area contributed by atoms with Gasteiger partial charge in [0.2, 0.25) is 0 Å². The molecule has 1 aliphatic heterocycles. The first-order valence-corrected chi connectivity index (χ1v) is 15.0. The molecular formula is C34H27ClN4O4S. The number of hydrogen-bond donors (Lipinski definition) is 2. The van der Waals surface area contributed by atoms with Gasteiger partial charge in [0.1, 0.15) is 0 Å². The highest BCUT2D eigenvalue weighted by molar-refractivity contribution is 7.07. The number of nitrogens with zero attached hydrogens (tertiary/aromatic N) is 3. The Morgan fingerprint density at radius 3 is 2.32 bits per heavy atom. The number of carboxylic acid groups (broad SMARTS) is 1. The monoisotopic (exact) mass is 622 g/mol. The molecule has 0 saturated carbocycles. The van der Waals surface area contributed by atoms with Crippen molar-refractivity contribution in [3.8, 4) is 5.69 Å². The Bertz CT molecular complexity index is 2140. The zero-order valence-corrected chi connectivity index (χ0v) is 25.6. The van der Waals surface area contributed by atoms with E-state index >= 15 is 0 Å². The lowest BCUT2D eigenvalue weighted by atomic mass is 9.95. The third-order valence-corrected chi connectivity index (χ3v) is 8.85. The Morgan fingerprint density at radius 1 is 0.977 bits per heavy atom. The van der Waals surface area contributed by atoms with Crippen molar-refractivity contribution in [3.63, 3.8) is 0 Å². The van der Waals surface area contributed by atoms with Crippen LogP contribution in [-0.2, 0) is 4.79 Å². The van der Waals surface area contributed by atoms with Crippen molar-refractivity contribution in [2.45, 2.75) is 26.8 Å². The van der Waals surface area contributed by atoms with Gasteiger partial charge >= 0.3 is 5.97 Å². The van der Waals surface area contributed by atoms with Gasteiger partial charge in [0.05, 0.1) is 27.4 Å². The van der Waals surface area contributed by atoms with E-state index in [1.807, 2.05) is 60.9 Å². The van der Waals surface area contributed by atoms with Gasteiger partial charge < -0.3 is 15.0 Å². The Balaban J connectivity index is 1.46. The predicted octanol–water partition coefficient (Wildman–Crippen LogP) is 5.63. The van der Waals surface area contributed by atoms with Crippen molar-refractivity contribution in [3.05, 3.63) is 149 Å². The van der Waals surface area contributed by atoms with Crippen molar-refractivity contribution >= 4 is 46.6 Å². The molecule has 1 atom stereocenters. The number of halogens is 1. The number of carbonyl (C=O) groups is 2. The van der Waals surface area contributed by atoms with E-state index in [0.29, 0.717) is 31.3 Å². The summed E-state index contributed by atoms with van der Waals surface area (Å²) in [6, 6.07) is 24.2. The van der Waals surface area contributed by atoms with E-state index in [0.717, 1.165) is 28.2 Å². The molecule has 0 unspecified atom stereocenters. The molecule has 44 heavy (non-hydrogen) atoms. The Hall–Kier alpha value is -4.99. The predicted molar refractivity (Wildman–Crippen MR) is 172 cm³/mol. The summed E-state index contributed by atoms with van der Waals surface area (Å²) in [4.78, 5) is 44.4. The maximum atomic E-state index is 14.1. The van der Waals surface area contributed by atoms with Crippen molar-refractivity contribution in [1.29, 1.82) is 0 Å². The van der Waals surface area contributed by atoms with Crippen molar-refractivity contribution in [1.82, 2.24) is 9.13 Å². The summed E-state index contributed by atoms with van der Waals surface area (Å²) in [5, 5.41) is 12.8. The van der Waals surface area contributed by atoms with Crippen LogP contribution < -0.4 is 20.2 Å². The van der Waals surface area contributed by atoms with E-state index in [2.05, 4.69) is 5.32 Å². The Labute approximate surface area is 261 Å². The summed E-state index contributed by atoms with van der Waals surface area (Å²) in [7, 11) is 0. The molecule has 0 fully saturated rings. The number of rotatable bonds is 6. The summed E-state index contributed by atoms with van der Waals surface area (Å²) in [5.41, 5.74) is 5.70. The number of allylic oxidation sites excluding steroid dienone is 1. The molecule has 220 valence electrons. The van der Waals surface area contributed by atoms with Crippen LogP contribution in [0, 0.1) is 13.8 Å². The van der Waals surface area contributed by atoms with Crippen LogP contribution in [0.3, 0.4) is 0 Å². The molecule has 0 bridgehead atoms. The molecule has 2 N–H and O–H groups in total. The van der Waals surface area contributed by atoms with Gasteiger partial charge in [-0.25, -0.2) is 9.79 Å². The zero-order valence-electron chi connectivity index (χ0n) is 24.0. The van der Waals surface area contributed by atoms with E-state index in [1.54, 1.807) is 60.0 Å². The summed E-state index contributed by atoms with van der Waals surface area (Å²) in [6.07, 6.45) is 1.84. The number of aromatic nitrogens is 2. The highest BCUT2D eigenvalue weighted by Crippen LogP contribution is 2.31. The number of thiazole rings is 1. The van der Waals surface area contributed by atoms with Crippen LogP contribution in [0.4, 0.5) is 5.69 Å². The largest absolute Gasteiger partial charge is 0.478 e. The van der Waals surface area contributed by atoms with E-state index in [-0.39, 0.29) is 17.0 Å². The second kappa shape index (κ2) is 11.6. The number of aryl methyl sites for hydroxylation is 1. The second-order valence-electron chi connectivity index (χ2n) is 10.5. The summed E-state index contributed by atoms with van der Waals surface area (Å²) >= 11 is 7.46. The fourth-order valence-corrected chi connectivity index (χ4v) is 6.68. The lowest BCUT2D eigenvalue weighted by molar-refractivity contribution is -0.113. The van der Waals surface area contributed by atoms with Crippen LogP contribution in [0.5, 0.6) is 0 Å². The molecule has 1 amide bonds. The lowest BCUT2D eigenvalue weighted by Crippen LogP contribution is -2.40. The molecule has 0 spiro atoms. The molecule has 0 saturated heterocycles. The minimum Gasteiger partial charge on any atom is -0.478 e. The Kier molecular flexibility index (Phi) is 7.67. The fraction of sp³-hybridized carbons (Fsp3) is 0.118. The topological polar surface area (TPSA) is 106 Å². The smallest absolute Gasteiger partial charge is 0.335 e. The van der Waals surface area contributed by atoms with Crippen molar-refractivity contribution in [2.75, 3.05) is 5.32 Å². The van der Waals surface area contributed by atoms with Gasteiger partial charge in [-0.3, -0.25) is 14.2 Å². The molecular weight excluding hydrogens is 596 g/mol. The number of carboxylic acids is 1. The van der Waals surface area contributed by atoms with Crippen molar-refractivity contribution < 1.29 is 14.7 Å². The van der Waals surface area contributed by atoms with E-state index in [4.69, 9.17) is 16.6 Å².